The first-order valence-electron chi connectivity index (χ1n) is 3.76. The molecule has 0 bridgehead atoms. The van der Waals surface area contributed by atoms with Crippen LogP contribution in [0.5, 0.6) is 0 Å². The monoisotopic (exact) mass is 244 g/mol. The van der Waals surface area contributed by atoms with Gasteiger partial charge < -0.3 is 10.5 Å². The summed E-state index contributed by atoms with van der Waals surface area (Å²) in [6.07, 6.45) is -0.938. The standard InChI is InChI=1S/C5H13N2O7P/c1-10-13-15(9,14-11-2)7-3-4-12-5(6)8/h3-4H2,1-2H3,(H2,6,8)(H,7,9). The Bertz CT molecular complexity index is 225. The van der Waals surface area contributed by atoms with Gasteiger partial charge in [0, 0.05) is 6.54 Å². The van der Waals surface area contributed by atoms with Crippen LogP contribution in [0, 0.1) is 0 Å². The predicted molar refractivity (Wildman–Crippen MR) is 47.3 cm³/mol. The van der Waals surface area contributed by atoms with Gasteiger partial charge >= 0.3 is 13.8 Å². The van der Waals surface area contributed by atoms with Crippen molar-refractivity contribution in [3.8, 4) is 0 Å². The first-order valence-corrected chi connectivity index (χ1v) is 5.30. The molecular formula is C5H13N2O7P. The summed E-state index contributed by atoms with van der Waals surface area (Å²) in [5.74, 6) is 0. The first kappa shape index (κ1) is 14.3. The highest BCUT2D eigenvalue weighted by atomic mass is 31.2. The zero-order valence-corrected chi connectivity index (χ0v) is 9.19. The van der Waals surface area contributed by atoms with Gasteiger partial charge in [-0.2, -0.15) is 0 Å². The van der Waals surface area contributed by atoms with Crippen molar-refractivity contribution in [2.24, 2.45) is 5.73 Å². The van der Waals surface area contributed by atoms with E-state index in [1.54, 1.807) is 0 Å². The molecule has 0 aromatic rings. The van der Waals surface area contributed by atoms with Crippen molar-refractivity contribution in [3.05, 3.63) is 0 Å². The molecule has 0 atom stereocenters. The topological polar surface area (TPSA) is 118 Å². The molecule has 0 aromatic heterocycles. The van der Waals surface area contributed by atoms with Crippen molar-refractivity contribution >= 4 is 13.8 Å². The highest BCUT2D eigenvalue weighted by Gasteiger charge is 2.26. The number of hydrogen-bond donors (Lipinski definition) is 2. The number of carbonyl (C=O) groups is 1. The van der Waals surface area contributed by atoms with Crippen LogP contribution in [0.3, 0.4) is 0 Å². The average molecular weight is 244 g/mol. The molecule has 15 heavy (non-hydrogen) atoms. The predicted octanol–water partition coefficient (Wildman–Crippen LogP) is -0.0646. The summed E-state index contributed by atoms with van der Waals surface area (Å²) in [6, 6.07) is 0. The van der Waals surface area contributed by atoms with Crippen molar-refractivity contribution in [2.45, 2.75) is 0 Å². The van der Waals surface area contributed by atoms with E-state index >= 15 is 0 Å². The van der Waals surface area contributed by atoms with E-state index in [2.05, 4.69) is 34.7 Å². The molecule has 10 heteroatoms. The highest BCUT2D eigenvalue weighted by molar-refractivity contribution is 7.51. The molecule has 0 rings (SSSR count). The Hall–Kier alpha value is -0.700. The summed E-state index contributed by atoms with van der Waals surface area (Å²) in [7, 11) is -1.41. The normalized spacial score (nSPS) is 11.3. The van der Waals surface area contributed by atoms with Crippen molar-refractivity contribution in [1.82, 2.24) is 5.09 Å². The van der Waals surface area contributed by atoms with Crippen LogP contribution >= 0.6 is 7.75 Å². The van der Waals surface area contributed by atoms with E-state index in [4.69, 9.17) is 0 Å². The SMILES string of the molecule is COOP(=O)(NCCOC(N)=O)OOC. The molecule has 0 saturated heterocycles. The van der Waals surface area contributed by atoms with Crippen molar-refractivity contribution in [2.75, 3.05) is 27.4 Å². The Labute approximate surface area is 86.2 Å². The van der Waals surface area contributed by atoms with Gasteiger partial charge in [-0.3, -0.25) is 0 Å². The van der Waals surface area contributed by atoms with Gasteiger partial charge in [-0.15, -0.1) is 9.35 Å². The van der Waals surface area contributed by atoms with Gasteiger partial charge in [0.1, 0.15) is 6.61 Å². The number of nitrogens with one attached hydrogen (secondary N) is 1. The zero-order chi connectivity index (χ0) is 11.7. The number of hydrogen-bond acceptors (Lipinski definition) is 7. The minimum Gasteiger partial charge on any atom is -0.448 e. The van der Waals surface area contributed by atoms with Crippen LogP contribution in [0.4, 0.5) is 4.79 Å². The maximum Gasteiger partial charge on any atom is 0.459 e. The molecule has 0 radical (unpaired) electrons. The van der Waals surface area contributed by atoms with E-state index in [0.717, 1.165) is 14.2 Å². The van der Waals surface area contributed by atoms with E-state index in [-0.39, 0.29) is 13.2 Å². The fourth-order valence-electron chi connectivity index (χ4n) is 0.596. The molecule has 3 N–H and O–H groups in total. The van der Waals surface area contributed by atoms with Gasteiger partial charge in [0.25, 0.3) is 0 Å². The quantitative estimate of drug-likeness (QED) is 0.263. The third kappa shape index (κ3) is 7.25. The third-order valence-electron chi connectivity index (χ3n) is 0.997. The molecule has 0 aliphatic rings. The summed E-state index contributed by atoms with van der Waals surface area (Å²) in [4.78, 5) is 18.5. The van der Waals surface area contributed by atoms with Gasteiger partial charge in [0.2, 0.25) is 0 Å². The average Bonchev–Trinajstić information content (AvgIpc) is 2.13. The number of amides is 1. The lowest BCUT2D eigenvalue weighted by molar-refractivity contribution is -0.244. The zero-order valence-electron chi connectivity index (χ0n) is 8.30. The largest absolute Gasteiger partial charge is 0.459 e. The summed E-state index contributed by atoms with van der Waals surface area (Å²) in [5, 5.41) is 2.28. The summed E-state index contributed by atoms with van der Waals surface area (Å²) in [5.41, 5.74) is 4.69. The fraction of sp³-hybridized carbons (Fsp3) is 0.800. The number of rotatable bonds is 8. The van der Waals surface area contributed by atoms with E-state index < -0.39 is 13.8 Å². The van der Waals surface area contributed by atoms with Gasteiger partial charge in [0.05, 0.1) is 14.2 Å². The molecule has 9 nitrogen and oxygen atoms in total. The maximum atomic E-state index is 11.5. The minimum absolute atomic E-state index is 0.00701. The number of carbonyl (C=O) groups excluding carboxylic acids is 1. The Morgan fingerprint density at radius 2 is 1.87 bits per heavy atom. The molecule has 0 aliphatic heterocycles. The molecular weight excluding hydrogens is 231 g/mol. The van der Waals surface area contributed by atoms with Crippen molar-refractivity contribution < 1.29 is 33.2 Å². The Morgan fingerprint density at radius 3 is 2.27 bits per heavy atom. The smallest absolute Gasteiger partial charge is 0.448 e. The number of nitrogens with two attached hydrogens (primary N) is 1. The van der Waals surface area contributed by atoms with Crippen molar-refractivity contribution in [1.29, 1.82) is 0 Å². The van der Waals surface area contributed by atoms with Crippen LogP contribution in [-0.4, -0.2) is 33.5 Å². The van der Waals surface area contributed by atoms with Gasteiger partial charge in [-0.05, 0) is 0 Å². The molecule has 0 aromatic carbocycles. The van der Waals surface area contributed by atoms with Crippen LogP contribution < -0.4 is 10.8 Å². The van der Waals surface area contributed by atoms with E-state index in [0.29, 0.717) is 0 Å². The Balaban J connectivity index is 3.85. The summed E-state index contributed by atoms with van der Waals surface area (Å²) >= 11 is 0. The second-order valence-corrected chi connectivity index (χ2v) is 3.66. The minimum atomic E-state index is -3.71. The number of primary amides is 1. The fourth-order valence-corrected chi connectivity index (χ4v) is 1.48. The molecule has 0 saturated carbocycles. The van der Waals surface area contributed by atoms with Crippen LogP contribution in [0.25, 0.3) is 0 Å². The van der Waals surface area contributed by atoms with Gasteiger partial charge in [0.15, 0.2) is 0 Å². The van der Waals surface area contributed by atoms with Crippen LogP contribution in [-0.2, 0) is 28.4 Å². The molecule has 1 amide bonds. The van der Waals surface area contributed by atoms with Crippen LogP contribution in [0.2, 0.25) is 0 Å². The molecule has 0 spiro atoms. The van der Waals surface area contributed by atoms with Gasteiger partial charge in [-0.1, -0.05) is 0 Å². The molecule has 0 aliphatic carbocycles. The van der Waals surface area contributed by atoms with Crippen molar-refractivity contribution in [3.63, 3.8) is 0 Å². The summed E-state index contributed by atoms with van der Waals surface area (Å²) < 4.78 is 24.4. The molecule has 0 fully saturated rings. The Morgan fingerprint density at radius 1 is 1.33 bits per heavy atom. The Kier molecular flexibility index (Phi) is 7.22. The summed E-state index contributed by atoms with van der Waals surface area (Å²) in [6.45, 7) is -0.105. The lowest BCUT2D eigenvalue weighted by Gasteiger charge is -2.14. The first-order chi connectivity index (χ1) is 7.04. The van der Waals surface area contributed by atoms with E-state index in [1.165, 1.54) is 0 Å². The highest BCUT2D eigenvalue weighted by Crippen LogP contribution is 2.43. The van der Waals surface area contributed by atoms with Crippen LogP contribution in [0.15, 0.2) is 0 Å². The second kappa shape index (κ2) is 7.57. The third-order valence-corrected chi connectivity index (χ3v) is 2.30. The lowest BCUT2D eigenvalue weighted by Crippen LogP contribution is -2.23. The lowest BCUT2D eigenvalue weighted by atomic mass is 10.7. The maximum absolute atomic E-state index is 11.5. The van der Waals surface area contributed by atoms with E-state index in [9.17, 15) is 9.36 Å². The second-order valence-electron chi connectivity index (χ2n) is 2.06. The number of ether oxygens (including phenoxy) is 1. The molecule has 90 valence electrons. The van der Waals surface area contributed by atoms with Crippen LogP contribution in [0.1, 0.15) is 0 Å². The van der Waals surface area contributed by atoms with Gasteiger partial charge in [-0.25, -0.2) is 24.2 Å². The molecule has 0 unspecified atom stereocenters. The molecule has 0 heterocycles. The van der Waals surface area contributed by atoms with E-state index in [1.807, 2.05) is 0 Å².